The Morgan fingerprint density at radius 3 is 2.37 bits per heavy atom. The number of nitrogens with one attached hydrogen (secondary N) is 3. The smallest absolute Gasteiger partial charge is 0.289 e. The maximum atomic E-state index is 14.4. The number of Topliss-reactive ketones (excluding diaryl/α,β-unsaturated/α-hetero) is 1. The lowest BCUT2D eigenvalue weighted by atomic mass is 9.84. The topological polar surface area (TPSA) is 146 Å². The molecule has 12 heteroatoms. The maximum absolute atomic E-state index is 14.4. The van der Waals surface area contributed by atoms with Crippen molar-refractivity contribution in [2.45, 2.75) is 123 Å². The number of benzene rings is 1. The number of hydrogen-bond acceptors (Lipinski definition) is 7. The number of hydrogen-bond donors (Lipinski definition) is 3. The summed E-state index contributed by atoms with van der Waals surface area (Å²) < 4.78 is 0. The molecule has 4 rings (SSSR count). The highest BCUT2D eigenvalue weighted by Crippen LogP contribution is 2.40. The second-order valence-electron chi connectivity index (χ2n) is 15.3. The number of likely N-dealkylation sites (tertiary alicyclic amines) is 1. The van der Waals surface area contributed by atoms with Crippen LogP contribution >= 0.6 is 11.6 Å². The van der Waals surface area contributed by atoms with Gasteiger partial charge in [-0.2, -0.15) is 0 Å². The highest BCUT2D eigenvalue weighted by atomic mass is 35.5. The highest BCUT2D eigenvalue weighted by Gasteiger charge is 2.55. The summed E-state index contributed by atoms with van der Waals surface area (Å²) >= 11 is 6.22. The first-order valence-electron chi connectivity index (χ1n) is 16.2. The van der Waals surface area contributed by atoms with Gasteiger partial charge in [0, 0.05) is 35.9 Å². The Balaban J connectivity index is 1.61. The van der Waals surface area contributed by atoms with Gasteiger partial charge in [-0.05, 0) is 42.2 Å². The van der Waals surface area contributed by atoms with Gasteiger partial charge >= 0.3 is 0 Å². The molecule has 1 aliphatic carbocycles. The lowest BCUT2D eigenvalue weighted by molar-refractivity contribution is -0.145. The molecule has 0 radical (unpaired) electrons. The number of amides is 4. The summed E-state index contributed by atoms with van der Waals surface area (Å²) in [6, 6.07) is 4.18. The maximum Gasteiger partial charge on any atom is 0.289 e. The van der Waals surface area contributed by atoms with E-state index in [2.05, 4.69) is 21.1 Å². The summed E-state index contributed by atoms with van der Waals surface area (Å²) in [7, 11) is 0. The molecular weight excluding hydrogens is 610 g/mol. The lowest BCUT2D eigenvalue weighted by Gasteiger charge is -2.36. The van der Waals surface area contributed by atoms with Crippen molar-refractivity contribution < 1.29 is 28.8 Å². The van der Waals surface area contributed by atoms with Crippen molar-refractivity contribution in [3.63, 3.8) is 0 Å². The third-order valence-corrected chi connectivity index (χ3v) is 8.67. The van der Waals surface area contributed by atoms with Crippen LogP contribution in [0.2, 0.25) is 5.02 Å². The quantitative estimate of drug-likeness (QED) is 0.308. The normalized spacial score (nSPS) is 22.5. The zero-order chi connectivity index (χ0) is 34.0. The lowest BCUT2D eigenvalue weighted by Crippen LogP contribution is -2.59. The van der Waals surface area contributed by atoms with Crippen molar-refractivity contribution in [3.05, 3.63) is 34.9 Å². The van der Waals surface area contributed by atoms with Gasteiger partial charge in [-0.15, -0.1) is 0 Å². The Morgan fingerprint density at radius 1 is 1.09 bits per heavy atom. The van der Waals surface area contributed by atoms with Gasteiger partial charge in [-0.3, -0.25) is 24.0 Å². The van der Waals surface area contributed by atoms with E-state index in [1.54, 1.807) is 12.1 Å². The molecule has 3 aliphatic rings. The molecule has 3 N–H and O–H groups in total. The average Bonchev–Trinajstić information content (AvgIpc) is 3.54. The fourth-order valence-corrected chi connectivity index (χ4v) is 6.12. The van der Waals surface area contributed by atoms with Crippen LogP contribution in [0.15, 0.2) is 29.4 Å². The molecule has 0 bridgehead atoms. The van der Waals surface area contributed by atoms with E-state index in [9.17, 15) is 24.0 Å². The Labute approximate surface area is 276 Å². The van der Waals surface area contributed by atoms with Crippen LogP contribution < -0.4 is 16.0 Å². The Morgan fingerprint density at radius 2 is 1.78 bits per heavy atom. The predicted octanol–water partition coefficient (Wildman–Crippen LogP) is 3.90. The molecule has 252 valence electrons. The van der Waals surface area contributed by atoms with Gasteiger partial charge in [0.2, 0.25) is 23.5 Å². The summed E-state index contributed by atoms with van der Waals surface area (Å²) in [5.41, 5.74) is -0.596. The van der Waals surface area contributed by atoms with Crippen LogP contribution in [-0.2, 0) is 28.8 Å². The molecule has 46 heavy (non-hydrogen) atoms. The Hall–Kier alpha value is -3.47. The molecule has 1 spiro atoms. The number of carbonyl (C=O) groups excluding carboxylic acids is 5. The number of ketones is 1. The fourth-order valence-electron chi connectivity index (χ4n) is 5.93. The van der Waals surface area contributed by atoms with Gasteiger partial charge in [0.25, 0.3) is 5.91 Å². The minimum absolute atomic E-state index is 0.00624. The second-order valence-corrected chi connectivity index (χ2v) is 15.7. The van der Waals surface area contributed by atoms with Crippen LogP contribution in [0.4, 0.5) is 0 Å². The molecule has 0 unspecified atom stereocenters. The molecule has 1 saturated heterocycles. The van der Waals surface area contributed by atoms with Crippen molar-refractivity contribution in [3.8, 4) is 0 Å². The first-order valence-corrected chi connectivity index (χ1v) is 16.5. The van der Waals surface area contributed by atoms with E-state index in [4.69, 9.17) is 16.4 Å². The molecule has 1 aromatic rings. The van der Waals surface area contributed by atoms with Crippen molar-refractivity contribution in [2.75, 3.05) is 6.54 Å². The van der Waals surface area contributed by atoms with E-state index in [0.29, 0.717) is 23.6 Å². The number of oxime groups is 1. The monoisotopic (exact) mass is 657 g/mol. The van der Waals surface area contributed by atoms with Crippen LogP contribution in [0.1, 0.15) is 99.0 Å². The van der Waals surface area contributed by atoms with E-state index >= 15 is 0 Å². The van der Waals surface area contributed by atoms with Crippen molar-refractivity contribution in [1.82, 2.24) is 20.9 Å². The van der Waals surface area contributed by atoms with E-state index in [-0.39, 0.29) is 43.2 Å². The summed E-state index contributed by atoms with van der Waals surface area (Å²) in [5, 5.41) is 13.3. The van der Waals surface area contributed by atoms with Crippen LogP contribution in [0.3, 0.4) is 0 Å². The predicted molar refractivity (Wildman–Crippen MR) is 175 cm³/mol. The standard InChI is InChI=1S/C34H48ClN5O6/c1-8-10-23(27(42)30(44)36-22-13-14-22)37-29(43)25-17-34(16-24(39-46-34)20-11-9-12-21(35)15-20)19-40(25)31(45)28(33(5,6)7)38-26(41)18-32(2,3)4/h9,11-12,15,22-23,25,28H,8,10,13-14,16-19H2,1-7H3,(H,36,44)(H,37,43)(H,38,41)/t23-,25-,28+,34+/m0/s1. The fraction of sp³-hybridized carbons (Fsp3) is 0.647. The van der Waals surface area contributed by atoms with Gasteiger partial charge < -0.3 is 25.7 Å². The second kappa shape index (κ2) is 13.7. The molecule has 4 amide bonds. The van der Waals surface area contributed by atoms with Crippen molar-refractivity contribution >= 4 is 46.7 Å². The summed E-state index contributed by atoms with van der Waals surface area (Å²) in [5.74, 6) is -2.70. The Bertz CT molecular complexity index is 1390. The first kappa shape index (κ1) is 35.4. The minimum atomic E-state index is -1.04. The number of carbonyl (C=O) groups is 5. The molecule has 4 atom stereocenters. The average molecular weight is 658 g/mol. The molecule has 2 aliphatic heterocycles. The Kier molecular flexibility index (Phi) is 10.5. The summed E-state index contributed by atoms with van der Waals surface area (Å²) in [4.78, 5) is 74.7. The zero-order valence-corrected chi connectivity index (χ0v) is 28.8. The third kappa shape index (κ3) is 8.86. The summed E-state index contributed by atoms with van der Waals surface area (Å²) in [6.45, 7) is 13.3. The van der Waals surface area contributed by atoms with Crippen LogP contribution in [-0.4, -0.2) is 76.3 Å². The summed E-state index contributed by atoms with van der Waals surface area (Å²) in [6.07, 6.45) is 3.10. The number of rotatable bonds is 11. The first-order chi connectivity index (χ1) is 21.4. The number of nitrogens with zero attached hydrogens (tertiary/aromatic N) is 2. The molecule has 2 heterocycles. The molecule has 1 aromatic carbocycles. The molecule has 11 nitrogen and oxygen atoms in total. The largest absolute Gasteiger partial charge is 0.387 e. The van der Waals surface area contributed by atoms with Gasteiger partial charge in [0.15, 0.2) is 5.60 Å². The van der Waals surface area contributed by atoms with Crippen LogP contribution in [0.25, 0.3) is 0 Å². The minimum Gasteiger partial charge on any atom is -0.387 e. The van der Waals surface area contributed by atoms with Gasteiger partial charge in [0.1, 0.15) is 12.1 Å². The van der Waals surface area contributed by atoms with E-state index in [1.165, 1.54) is 4.90 Å². The van der Waals surface area contributed by atoms with Crippen molar-refractivity contribution in [2.24, 2.45) is 16.0 Å². The van der Waals surface area contributed by atoms with E-state index in [0.717, 1.165) is 18.4 Å². The van der Waals surface area contributed by atoms with Crippen LogP contribution in [0.5, 0.6) is 0 Å². The van der Waals surface area contributed by atoms with Gasteiger partial charge in [-0.1, -0.05) is 83.8 Å². The molecule has 1 saturated carbocycles. The third-order valence-electron chi connectivity index (χ3n) is 8.44. The van der Waals surface area contributed by atoms with Gasteiger partial charge in [0.05, 0.1) is 18.3 Å². The molecule has 0 aromatic heterocycles. The van der Waals surface area contributed by atoms with E-state index in [1.807, 2.05) is 60.6 Å². The SMILES string of the molecule is CCC[C@H](NC(=O)[C@@H]1C[C@]2(CC(c3cccc(Cl)c3)=NO2)CN1C(=O)[C@@H](NC(=O)CC(C)(C)C)C(C)(C)C)C(=O)C(=O)NC1CC1. The highest BCUT2D eigenvalue weighted by molar-refractivity contribution is 6.38. The molecule has 2 fully saturated rings. The molecular formula is C34H48ClN5O6. The zero-order valence-electron chi connectivity index (χ0n) is 28.0. The van der Waals surface area contributed by atoms with Crippen LogP contribution in [0, 0.1) is 10.8 Å². The van der Waals surface area contributed by atoms with E-state index < -0.39 is 52.6 Å². The van der Waals surface area contributed by atoms with Gasteiger partial charge in [-0.25, -0.2) is 0 Å². The number of halogens is 1. The van der Waals surface area contributed by atoms with Crippen molar-refractivity contribution in [1.29, 1.82) is 0 Å².